The van der Waals surface area contributed by atoms with Gasteiger partial charge in [-0.25, -0.2) is 0 Å². The number of carbonyl (C=O) groups is 10. The van der Waals surface area contributed by atoms with E-state index in [1.807, 2.05) is 0 Å². The fraction of sp³-hybridized carbons (Fsp3) is 0.787. The van der Waals surface area contributed by atoms with Crippen molar-refractivity contribution in [2.45, 2.75) is 123 Å². The van der Waals surface area contributed by atoms with Crippen molar-refractivity contribution in [2.24, 2.45) is 11.1 Å². The zero-order valence-corrected chi connectivity index (χ0v) is 45.5. The molecule has 0 heterocycles. The van der Waals surface area contributed by atoms with E-state index in [4.69, 9.17) is 36.1 Å². The van der Waals surface area contributed by atoms with E-state index in [9.17, 15) is 47.9 Å². The van der Waals surface area contributed by atoms with Gasteiger partial charge >= 0.3 is 21.1 Å². The summed E-state index contributed by atoms with van der Waals surface area (Å²) in [5, 5.41) is 15.7. The van der Waals surface area contributed by atoms with Crippen LogP contribution in [0, 0.1) is 5.41 Å². The van der Waals surface area contributed by atoms with Gasteiger partial charge in [-0.3, -0.25) is 43.3 Å². The van der Waals surface area contributed by atoms with Crippen molar-refractivity contribution in [3.05, 3.63) is 11.5 Å². The van der Waals surface area contributed by atoms with Crippen LogP contribution in [-0.2, 0) is 88.0 Å². The molecule has 0 saturated heterocycles. The third kappa shape index (κ3) is 49.0. The number of nitrogens with one attached hydrogen (secondary N) is 8. The van der Waals surface area contributed by atoms with Crippen LogP contribution in [0.5, 0.6) is 0 Å². The second kappa shape index (κ2) is 49.9. The molecule has 0 atom stereocenters. The van der Waals surface area contributed by atoms with E-state index in [1.165, 1.54) is 11.9 Å². The minimum absolute atomic E-state index is 0. The van der Waals surface area contributed by atoms with E-state index < -0.39 is 23.1 Å². The maximum Gasteiger partial charge on any atom is 2.00 e. The third-order valence-corrected chi connectivity index (χ3v) is 10.5. The number of hydrogen-bond donors (Lipinski definition) is 7. The Morgan fingerprint density at radius 2 is 0.847 bits per heavy atom. The Balaban J connectivity index is -0.000000633. The average molecular weight is 1200 g/mol. The van der Waals surface area contributed by atoms with Crippen LogP contribution in [-0.4, -0.2) is 178 Å². The molecule has 24 nitrogen and oxygen atoms in total. The SMILES string of the molecule is C.CNC(=O)CCCCCNC(=O)CN(CC(=O)CCCCCCC([NH-])=O)CC(=O)NCCCCCC([NH-])=O.CNC(=O)CCOCC(CCOCC(N)=O)(CCOCC(=O)NC)COCCC(=O)NC.[W+2]. The molecule has 0 aromatic carbocycles. The van der Waals surface area contributed by atoms with Crippen LogP contribution >= 0.6 is 0 Å². The monoisotopic (exact) mass is 1200 g/mol. The van der Waals surface area contributed by atoms with E-state index in [-0.39, 0.29) is 168 Å². The van der Waals surface area contributed by atoms with Crippen LogP contribution in [0.3, 0.4) is 0 Å². The first-order valence-electron chi connectivity index (χ1n) is 24.1. The molecule has 0 bridgehead atoms. The van der Waals surface area contributed by atoms with E-state index >= 15 is 0 Å². The van der Waals surface area contributed by atoms with Crippen LogP contribution in [0.4, 0.5) is 0 Å². The number of likely N-dealkylation sites (N-methyl/N-ethyl adjacent to an activating group) is 1. The van der Waals surface area contributed by atoms with Crippen LogP contribution in [0.25, 0.3) is 11.5 Å². The summed E-state index contributed by atoms with van der Waals surface area (Å²) < 4.78 is 22.3. The van der Waals surface area contributed by atoms with Crippen LogP contribution in [0.1, 0.15) is 123 Å². The Labute approximate surface area is 441 Å². The first-order valence-corrected chi connectivity index (χ1v) is 24.1. The molecule has 9 amide bonds. The Morgan fingerprint density at radius 1 is 0.458 bits per heavy atom. The molecule has 0 aliphatic carbocycles. The van der Waals surface area contributed by atoms with Crippen molar-refractivity contribution < 1.29 is 88.0 Å². The maximum absolute atomic E-state index is 12.5. The molecule has 0 spiro atoms. The molecule has 25 heteroatoms. The van der Waals surface area contributed by atoms with Gasteiger partial charge in [0.1, 0.15) is 19.0 Å². The number of nitrogens with two attached hydrogens (primary N) is 1. The molecule has 72 heavy (non-hydrogen) atoms. The molecule has 0 unspecified atom stereocenters. The molecule has 0 aliphatic heterocycles. The van der Waals surface area contributed by atoms with Crippen LogP contribution in [0.2, 0.25) is 0 Å². The summed E-state index contributed by atoms with van der Waals surface area (Å²) in [6, 6.07) is 0. The van der Waals surface area contributed by atoms with Gasteiger partial charge in [-0.1, -0.05) is 33.1 Å². The van der Waals surface area contributed by atoms with Crippen molar-refractivity contribution in [1.82, 2.24) is 36.8 Å². The summed E-state index contributed by atoms with van der Waals surface area (Å²) >= 11 is 0. The number of Topliss-reactive ketones (excluding diaryl/α,β-unsaturated/α-hetero) is 1. The van der Waals surface area contributed by atoms with Gasteiger partial charge < -0.3 is 77.6 Å². The Kier molecular flexibility index (Phi) is 51.3. The summed E-state index contributed by atoms with van der Waals surface area (Å²) in [6.07, 6.45) is 9.56. The van der Waals surface area contributed by atoms with Gasteiger partial charge in [-0.15, -0.1) is 0 Å². The quantitative estimate of drug-likeness (QED) is 0.0424. The van der Waals surface area contributed by atoms with Gasteiger partial charge in [-0.2, -0.15) is 0 Å². The topological polar surface area (TPSA) is 357 Å². The number of rotatable bonds is 45. The minimum atomic E-state index is -0.598. The van der Waals surface area contributed by atoms with E-state index in [0.717, 1.165) is 32.1 Å². The molecular weight excluding hydrogens is 1110 g/mol. The van der Waals surface area contributed by atoms with Crippen molar-refractivity contribution in [1.29, 1.82) is 0 Å². The molecule has 0 rings (SSSR count). The zero-order chi connectivity index (χ0) is 52.8. The number of primary amides is 1. The Hall–Kier alpha value is -4.61. The summed E-state index contributed by atoms with van der Waals surface area (Å²) in [5.74, 6) is -2.95. The van der Waals surface area contributed by atoms with E-state index in [1.54, 1.807) is 21.1 Å². The normalized spacial score (nSPS) is 10.6. The summed E-state index contributed by atoms with van der Waals surface area (Å²) in [4.78, 5) is 117. The van der Waals surface area contributed by atoms with Crippen molar-refractivity contribution in [3.8, 4) is 0 Å². The molecule has 10 N–H and O–H groups in total. The largest absolute Gasteiger partial charge is 2.00 e. The standard InChI is InChI=1S/C26H48N6O6.C20H38N4O8.CH4.W/c1-29-24(36)15-9-5-11-17-31-26(38)20-32(18-21(33)12-6-2-3-7-13-22(27)34)19-25(37)30-16-10-4-8-14-23(28)35;1-22-17(26)4-8-31-14-20(6-10-29-12-16(21)25,7-11-30-13-19(28)24-3)15-32-9-5-18(27)23-2;;/h2-20H2,1H3,(H7,27,28,29,30,31,34,35,36,37,38);4-15H2,1-3H3,(H2,21,25)(H,22,26)(H,23,27)(H,24,28);1H4;/q;;;+2/p-2. The molecule has 0 aromatic heterocycles. The Morgan fingerprint density at radius 3 is 1.26 bits per heavy atom. The van der Waals surface area contributed by atoms with Crippen LogP contribution < -0.4 is 37.6 Å². The van der Waals surface area contributed by atoms with Gasteiger partial charge in [0, 0.05) is 97.4 Å². The molecule has 0 saturated carbocycles. The second-order valence-corrected chi connectivity index (χ2v) is 16.6. The number of unbranched alkanes of at least 4 members (excludes halogenated alkanes) is 7. The summed E-state index contributed by atoms with van der Waals surface area (Å²) in [6.45, 7) is 1.70. The fourth-order valence-corrected chi connectivity index (χ4v) is 6.33. The first-order chi connectivity index (χ1) is 33.4. The third-order valence-electron chi connectivity index (χ3n) is 10.5. The second-order valence-electron chi connectivity index (χ2n) is 16.6. The number of carbonyl (C=O) groups excluding carboxylic acids is 10. The number of ether oxygens (including phenoxy) is 4. The van der Waals surface area contributed by atoms with Crippen LogP contribution in [0.15, 0.2) is 0 Å². The fourth-order valence-electron chi connectivity index (χ4n) is 6.33. The predicted molar refractivity (Wildman–Crippen MR) is 267 cm³/mol. The minimum Gasteiger partial charge on any atom is -0.668 e. The molecule has 0 aromatic rings. The maximum atomic E-state index is 12.5. The predicted octanol–water partition coefficient (Wildman–Crippen LogP) is 1.41. The number of ketones is 1. The molecule has 0 radical (unpaired) electrons. The average Bonchev–Trinajstić information content (AvgIpc) is 3.32. The smallest absolute Gasteiger partial charge is 0.668 e. The number of hydrogen-bond acceptors (Lipinski definition) is 15. The number of nitrogens with zero attached hydrogens (tertiary/aromatic N) is 1. The van der Waals surface area contributed by atoms with E-state index in [0.29, 0.717) is 70.9 Å². The van der Waals surface area contributed by atoms with Crippen molar-refractivity contribution in [2.75, 3.05) is 114 Å². The van der Waals surface area contributed by atoms with Gasteiger partial charge in [0.05, 0.1) is 46.1 Å². The summed E-state index contributed by atoms with van der Waals surface area (Å²) in [5.41, 5.74) is 18.3. The van der Waals surface area contributed by atoms with Gasteiger partial charge in [0.25, 0.3) is 0 Å². The molecular formula is C47H88N10O14W. The zero-order valence-electron chi connectivity index (χ0n) is 42.6. The molecule has 0 aliphatic rings. The first kappa shape index (κ1) is 73.9. The summed E-state index contributed by atoms with van der Waals surface area (Å²) in [7, 11) is 6.21. The van der Waals surface area contributed by atoms with Gasteiger partial charge in [0.2, 0.25) is 41.4 Å². The molecule has 416 valence electrons. The van der Waals surface area contributed by atoms with E-state index in [2.05, 4.69) is 31.9 Å². The number of amides is 9. The van der Waals surface area contributed by atoms with Crippen molar-refractivity contribution >= 4 is 58.9 Å². The van der Waals surface area contributed by atoms with Gasteiger partial charge in [-0.05, 0) is 64.2 Å². The van der Waals surface area contributed by atoms with Gasteiger partial charge in [0.15, 0.2) is 0 Å². The Bertz CT molecular complexity index is 1450. The molecule has 0 fully saturated rings. The van der Waals surface area contributed by atoms with Crippen molar-refractivity contribution in [3.63, 3.8) is 0 Å².